The highest BCUT2D eigenvalue weighted by Gasteiger charge is 2.19. The van der Waals surface area contributed by atoms with Crippen LogP contribution in [0.3, 0.4) is 0 Å². The molecule has 0 amide bonds. The van der Waals surface area contributed by atoms with E-state index >= 15 is 0 Å². The molecule has 1 aromatic heterocycles. The zero-order valence-electron chi connectivity index (χ0n) is 13.9. The highest BCUT2D eigenvalue weighted by Crippen LogP contribution is 2.31. The van der Waals surface area contributed by atoms with E-state index in [2.05, 4.69) is 9.71 Å². The molecular formula is C19H13N3O4S. The van der Waals surface area contributed by atoms with Gasteiger partial charge in [0.15, 0.2) is 0 Å². The Morgan fingerprint density at radius 1 is 0.926 bits per heavy atom. The number of benzene rings is 3. The van der Waals surface area contributed by atoms with Crippen molar-refractivity contribution in [3.8, 4) is 0 Å². The number of hydrogen-bond donors (Lipinski definition) is 1. The van der Waals surface area contributed by atoms with Gasteiger partial charge >= 0.3 is 0 Å². The van der Waals surface area contributed by atoms with Gasteiger partial charge in [0.05, 0.1) is 21.0 Å². The van der Waals surface area contributed by atoms with Gasteiger partial charge in [0, 0.05) is 29.1 Å². The number of sulfonamides is 1. The molecule has 8 heteroatoms. The zero-order valence-corrected chi connectivity index (χ0v) is 14.7. The zero-order chi connectivity index (χ0) is 19.0. The third kappa shape index (κ3) is 3.06. The molecule has 0 aliphatic carbocycles. The van der Waals surface area contributed by atoms with Crippen molar-refractivity contribution in [3.63, 3.8) is 0 Å². The van der Waals surface area contributed by atoms with Crippen LogP contribution in [0.15, 0.2) is 77.8 Å². The van der Waals surface area contributed by atoms with Gasteiger partial charge in [0.1, 0.15) is 0 Å². The van der Waals surface area contributed by atoms with E-state index in [4.69, 9.17) is 0 Å². The molecule has 0 saturated heterocycles. The normalized spacial score (nSPS) is 11.6. The van der Waals surface area contributed by atoms with Gasteiger partial charge in [-0.2, -0.15) is 0 Å². The van der Waals surface area contributed by atoms with Crippen LogP contribution >= 0.6 is 0 Å². The first-order valence-electron chi connectivity index (χ1n) is 7.99. The minimum absolute atomic E-state index is 0.179. The van der Waals surface area contributed by atoms with Crippen molar-refractivity contribution < 1.29 is 13.3 Å². The van der Waals surface area contributed by atoms with Crippen molar-refractivity contribution >= 4 is 43.1 Å². The Hall–Kier alpha value is -3.52. The van der Waals surface area contributed by atoms with E-state index in [0.717, 1.165) is 16.8 Å². The molecule has 0 spiro atoms. The molecule has 4 rings (SSSR count). The second-order valence-electron chi connectivity index (χ2n) is 5.90. The Balaban J connectivity index is 1.87. The summed E-state index contributed by atoms with van der Waals surface area (Å²) in [6.07, 6.45) is 1.65. The fourth-order valence-corrected chi connectivity index (χ4v) is 4.08. The fourth-order valence-electron chi connectivity index (χ4n) is 2.97. The molecule has 0 radical (unpaired) electrons. The number of nitrogens with one attached hydrogen (secondary N) is 1. The lowest BCUT2D eigenvalue weighted by atomic mass is 10.0. The number of hydrogen-bond acceptors (Lipinski definition) is 5. The molecule has 7 nitrogen and oxygen atoms in total. The van der Waals surface area contributed by atoms with E-state index in [1.165, 1.54) is 18.2 Å². The number of nitro benzene ring substituents is 1. The second-order valence-corrected chi connectivity index (χ2v) is 7.59. The SMILES string of the molecule is O=[N+]([O-])c1cccc(S(=O)(=O)Nc2cccc3ccc4cccnc4c23)c1. The van der Waals surface area contributed by atoms with Crippen LogP contribution < -0.4 is 4.72 Å². The minimum atomic E-state index is -4.01. The van der Waals surface area contributed by atoms with Crippen molar-refractivity contribution in [2.24, 2.45) is 0 Å². The summed E-state index contributed by atoms with van der Waals surface area (Å²) in [7, 11) is -4.01. The van der Waals surface area contributed by atoms with Crippen molar-refractivity contribution in [3.05, 3.63) is 83.0 Å². The van der Waals surface area contributed by atoms with Crippen LogP contribution in [0, 0.1) is 10.1 Å². The maximum absolute atomic E-state index is 12.8. The summed E-state index contributed by atoms with van der Waals surface area (Å²) in [5.74, 6) is 0. The van der Waals surface area contributed by atoms with Crippen molar-refractivity contribution in [2.75, 3.05) is 4.72 Å². The largest absolute Gasteiger partial charge is 0.279 e. The first-order chi connectivity index (χ1) is 13.0. The lowest BCUT2D eigenvalue weighted by Crippen LogP contribution is -2.13. The van der Waals surface area contributed by atoms with E-state index in [1.54, 1.807) is 18.3 Å². The summed E-state index contributed by atoms with van der Waals surface area (Å²) in [5.41, 5.74) is 0.749. The summed E-state index contributed by atoms with van der Waals surface area (Å²) in [6, 6.07) is 17.7. The number of fused-ring (bicyclic) bond motifs is 3. The Kier molecular flexibility index (Phi) is 3.97. The van der Waals surface area contributed by atoms with Crippen LogP contribution in [0.25, 0.3) is 21.7 Å². The van der Waals surface area contributed by atoms with Crippen molar-refractivity contribution in [1.82, 2.24) is 4.98 Å². The third-order valence-corrected chi connectivity index (χ3v) is 5.56. The second kappa shape index (κ2) is 6.33. The van der Waals surface area contributed by atoms with Crippen LogP contribution in [0.1, 0.15) is 0 Å². The number of nitrogens with zero attached hydrogens (tertiary/aromatic N) is 2. The number of rotatable bonds is 4. The van der Waals surface area contributed by atoms with E-state index < -0.39 is 14.9 Å². The summed E-state index contributed by atoms with van der Waals surface area (Å²) in [4.78, 5) is 14.5. The molecular weight excluding hydrogens is 366 g/mol. The first-order valence-corrected chi connectivity index (χ1v) is 9.48. The fraction of sp³-hybridized carbons (Fsp3) is 0. The topological polar surface area (TPSA) is 102 Å². The number of aromatic nitrogens is 1. The molecule has 0 fully saturated rings. The summed E-state index contributed by atoms with van der Waals surface area (Å²) in [5, 5.41) is 13.3. The molecule has 0 atom stereocenters. The maximum Gasteiger partial charge on any atom is 0.270 e. The number of nitro groups is 1. The Labute approximate surface area is 154 Å². The molecule has 1 N–H and O–H groups in total. The first kappa shape index (κ1) is 16.9. The number of pyridine rings is 1. The highest BCUT2D eigenvalue weighted by molar-refractivity contribution is 7.92. The highest BCUT2D eigenvalue weighted by atomic mass is 32.2. The summed E-state index contributed by atoms with van der Waals surface area (Å²) >= 11 is 0. The Morgan fingerprint density at radius 3 is 2.48 bits per heavy atom. The van der Waals surface area contributed by atoms with Crippen molar-refractivity contribution in [1.29, 1.82) is 0 Å². The predicted molar refractivity (Wildman–Crippen MR) is 103 cm³/mol. The average molecular weight is 379 g/mol. The van der Waals surface area contributed by atoms with E-state index in [1.807, 2.05) is 30.3 Å². The molecule has 0 bridgehead atoms. The minimum Gasteiger partial charge on any atom is -0.279 e. The quantitative estimate of drug-likeness (QED) is 0.327. The lowest BCUT2D eigenvalue weighted by molar-refractivity contribution is -0.385. The van der Waals surface area contributed by atoms with E-state index in [0.29, 0.717) is 16.6 Å². The molecule has 1 heterocycles. The summed E-state index contributed by atoms with van der Waals surface area (Å²) < 4.78 is 28.1. The van der Waals surface area contributed by atoms with E-state index in [-0.39, 0.29) is 10.6 Å². The van der Waals surface area contributed by atoms with Crippen LogP contribution in [-0.4, -0.2) is 18.3 Å². The molecule has 0 aliphatic heterocycles. The van der Waals surface area contributed by atoms with Gasteiger partial charge in [-0.15, -0.1) is 0 Å². The van der Waals surface area contributed by atoms with Crippen LogP contribution in [0.5, 0.6) is 0 Å². The molecule has 0 saturated carbocycles. The molecule has 27 heavy (non-hydrogen) atoms. The molecule has 0 unspecified atom stereocenters. The van der Waals surface area contributed by atoms with E-state index in [9.17, 15) is 18.5 Å². The van der Waals surface area contributed by atoms with Crippen LogP contribution in [0.4, 0.5) is 11.4 Å². The molecule has 0 aliphatic rings. The van der Waals surface area contributed by atoms with Crippen LogP contribution in [-0.2, 0) is 10.0 Å². The summed E-state index contributed by atoms with van der Waals surface area (Å²) in [6.45, 7) is 0. The van der Waals surface area contributed by atoms with Gasteiger partial charge in [-0.25, -0.2) is 8.42 Å². The monoisotopic (exact) mass is 379 g/mol. The standard InChI is InChI=1S/C19H13N3O4S/c23-22(24)15-6-2-7-16(12-15)27(25,26)21-17-8-1-4-13-9-10-14-5-3-11-20-19(14)18(13)17/h1-12,21H. The van der Waals surface area contributed by atoms with Gasteiger partial charge in [-0.05, 0) is 23.6 Å². The number of non-ortho nitro benzene ring substituents is 1. The smallest absolute Gasteiger partial charge is 0.270 e. The Morgan fingerprint density at radius 2 is 1.67 bits per heavy atom. The molecule has 134 valence electrons. The maximum atomic E-state index is 12.8. The molecule has 4 aromatic rings. The van der Waals surface area contributed by atoms with Gasteiger partial charge in [0.25, 0.3) is 15.7 Å². The van der Waals surface area contributed by atoms with Crippen molar-refractivity contribution in [2.45, 2.75) is 4.90 Å². The average Bonchev–Trinajstić information content (AvgIpc) is 2.67. The molecule has 3 aromatic carbocycles. The van der Waals surface area contributed by atoms with Gasteiger partial charge in [-0.3, -0.25) is 19.8 Å². The van der Waals surface area contributed by atoms with Gasteiger partial charge in [0.2, 0.25) is 0 Å². The lowest BCUT2D eigenvalue weighted by Gasteiger charge is -2.12. The number of anilines is 1. The van der Waals surface area contributed by atoms with Gasteiger partial charge in [-0.1, -0.05) is 36.4 Å². The van der Waals surface area contributed by atoms with Gasteiger partial charge < -0.3 is 0 Å². The third-order valence-electron chi connectivity index (χ3n) is 4.20. The predicted octanol–water partition coefficient (Wildman–Crippen LogP) is 4.10. The Bertz CT molecular complexity index is 1300. The van der Waals surface area contributed by atoms with Crippen LogP contribution in [0.2, 0.25) is 0 Å².